The zero-order valence-corrected chi connectivity index (χ0v) is 7.81. The summed E-state index contributed by atoms with van der Waals surface area (Å²) < 4.78 is 1.59. The molecule has 1 rings (SSSR count). The van der Waals surface area contributed by atoms with Crippen LogP contribution in [0.2, 0.25) is 0 Å². The van der Waals surface area contributed by atoms with Crippen LogP contribution in [0.15, 0.2) is 12.4 Å². The van der Waals surface area contributed by atoms with Crippen LogP contribution in [0, 0.1) is 0 Å². The Morgan fingerprint density at radius 2 is 2.31 bits per heavy atom. The molecule has 74 valence electrons. The number of hydrogen-bond donors (Lipinski definition) is 3. The van der Waals surface area contributed by atoms with Gasteiger partial charge in [0.15, 0.2) is 0 Å². The monoisotopic (exact) mass is 185 g/mol. The lowest BCUT2D eigenvalue weighted by Crippen LogP contribution is -2.29. The Bertz CT molecular complexity index is 262. The number of aliphatic hydroxyl groups excluding tert-OH is 2. The highest BCUT2D eigenvalue weighted by atomic mass is 16.3. The number of aryl methyl sites for hydroxylation is 1. The van der Waals surface area contributed by atoms with Crippen LogP contribution in [0.5, 0.6) is 0 Å². The van der Waals surface area contributed by atoms with Gasteiger partial charge in [-0.1, -0.05) is 0 Å². The molecule has 2 atom stereocenters. The molecule has 13 heavy (non-hydrogen) atoms. The van der Waals surface area contributed by atoms with Crippen molar-refractivity contribution in [1.82, 2.24) is 15.1 Å². The topological polar surface area (TPSA) is 70.3 Å². The van der Waals surface area contributed by atoms with E-state index in [1.165, 1.54) is 0 Å². The zero-order chi connectivity index (χ0) is 9.84. The van der Waals surface area contributed by atoms with Gasteiger partial charge in [0.1, 0.15) is 6.10 Å². The van der Waals surface area contributed by atoms with E-state index >= 15 is 0 Å². The van der Waals surface area contributed by atoms with Crippen LogP contribution in [0.4, 0.5) is 0 Å². The van der Waals surface area contributed by atoms with E-state index in [1.54, 1.807) is 31.2 Å². The van der Waals surface area contributed by atoms with E-state index in [1.807, 2.05) is 0 Å². The molecule has 0 saturated heterocycles. The quantitative estimate of drug-likeness (QED) is 0.564. The molecule has 0 aliphatic heterocycles. The molecule has 3 N–H and O–H groups in total. The molecule has 0 radical (unpaired) electrons. The largest absolute Gasteiger partial charge is 0.389 e. The summed E-state index contributed by atoms with van der Waals surface area (Å²) >= 11 is 0. The summed E-state index contributed by atoms with van der Waals surface area (Å²) in [5.74, 6) is 0. The summed E-state index contributed by atoms with van der Waals surface area (Å²) in [5, 5.41) is 25.7. The molecule has 2 unspecified atom stereocenters. The molecule has 0 bridgehead atoms. The van der Waals surface area contributed by atoms with Crippen molar-refractivity contribution in [1.29, 1.82) is 0 Å². The van der Waals surface area contributed by atoms with Crippen LogP contribution in [0.3, 0.4) is 0 Å². The van der Waals surface area contributed by atoms with Gasteiger partial charge in [-0.05, 0) is 7.05 Å². The van der Waals surface area contributed by atoms with Crippen molar-refractivity contribution in [3.05, 3.63) is 18.0 Å². The predicted octanol–water partition coefficient (Wildman–Crippen LogP) is -0.966. The summed E-state index contributed by atoms with van der Waals surface area (Å²) in [6, 6.07) is 0. The lowest BCUT2D eigenvalue weighted by molar-refractivity contribution is 0.0202. The van der Waals surface area contributed by atoms with Crippen molar-refractivity contribution in [3.63, 3.8) is 0 Å². The number of hydrogen-bond acceptors (Lipinski definition) is 4. The lowest BCUT2D eigenvalue weighted by atomic mass is 10.1. The van der Waals surface area contributed by atoms with Gasteiger partial charge in [0.2, 0.25) is 0 Å². The third kappa shape index (κ3) is 2.51. The second-order valence-electron chi connectivity index (χ2n) is 3.02. The van der Waals surface area contributed by atoms with E-state index < -0.39 is 12.2 Å². The van der Waals surface area contributed by atoms with Gasteiger partial charge in [-0.3, -0.25) is 4.68 Å². The molecule has 0 spiro atoms. The first kappa shape index (κ1) is 10.2. The number of rotatable bonds is 4. The molecular formula is C8H15N3O2. The molecule has 0 aliphatic rings. The van der Waals surface area contributed by atoms with E-state index in [4.69, 9.17) is 0 Å². The average Bonchev–Trinajstić information content (AvgIpc) is 2.51. The minimum atomic E-state index is -0.874. The molecule has 1 aromatic heterocycles. The van der Waals surface area contributed by atoms with E-state index in [0.29, 0.717) is 12.1 Å². The van der Waals surface area contributed by atoms with Gasteiger partial charge in [-0.2, -0.15) is 5.10 Å². The highest BCUT2D eigenvalue weighted by molar-refractivity contribution is 5.09. The number of aromatic nitrogens is 2. The van der Waals surface area contributed by atoms with E-state index in [-0.39, 0.29) is 0 Å². The normalized spacial score (nSPS) is 15.7. The van der Waals surface area contributed by atoms with E-state index in [9.17, 15) is 10.2 Å². The minimum absolute atomic E-state index is 0.357. The SMILES string of the molecule is CNCC(O)C(O)c1cnn(C)c1. The first-order chi connectivity index (χ1) is 6.15. The van der Waals surface area contributed by atoms with Gasteiger partial charge in [-0.15, -0.1) is 0 Å². The number of aliphatic hydroxyl groups is 2. The highest BCUT2D eigenvalue weighted by Crippen LogP contribution is 2.14. The predicted molar refractivity (Wildman–Crippen MR) is 48.1 cm³/mol. The second kappa shape index (κ2) is 4.36. The smallest absolute Gasteiger partial charge is 0.109 e. The summed E-state index contributed by atoms with van der Waals surface area (Å²) in [6.07, 6.45) is 1.56. The van der Waals surface area contributed by atoms with Crippen molar-refractivity contribution < 1.29 is 10.2 Å². The Morgan fingerprint density at radius 1 is 1.62 bits per heavy atom. The molecule has 0 saturated carbocycles. The van der Waals surface area contributed by atoms with Crippen LogP contribution in [-0.4, -0.2) is 39.7 Å². The Labute approximate surface area is 77.0 Å². The maximum atomic E-state index is 9.59. The maximum absolute atomic E-state index is 9.59. The highest BCUT2D eigenvalue weighted by Gasteiger charge is 2.18. The first-order valence-corrected chi connectivity index (χ1v) is 4.14. The summed E-state index contributed by atoms with van der Waals surface area (Å²) in [4.78, 5) is 0. The Morgan fingerprint density at radius 3 is 2.77 bits per heavy atom. The van der Waals surface area contributed by atoms with Crippen LogP contribution >= 0.6 is 0 Å². The Hall–Kier alpha value is -0.910. The van der Waals surface area contributed by atoms with Crippen molar-refractivity contribution in [2.45, 2.75) is 12.2 Å². The second-order valence-corrected chi connectivity index (χ2v) is 3.02. The molecule has 0 aliphatic carbocycles. The fraction of sp³-hybridized carbons (Fsp3) is 0.625. The summed E-state index contributed by atoms with van der Waals surface area (Å²) in [7, 11) is 3.49. The number of nitrogens with zero attached hydrogens (tertiary/aromatic N) is 2. The van der Waals surface area contributed by atoms with Crippen molar-refractivity contribution in [2.75, 3.05) is 13.6 Å². The summed E-state index contributed by atoms with van der Waals surface area (Å²) in [5.41, 5.74) is 0.630. The van der Waals surface area contributed by atoms with Gasteiger partial charge in [-0.25, -0.2) is 0 Å². The Kier molecular flexibility index (Phi) is 3.41. The first-order valence-electron chi connectivity index (χ1n) is 4.14. The van der Waals surface area contributed by atoms with Crippen LogP contribution in [0.25, 0.3) is 0 Å². The lowest BCUT2D eigenvalue weighted by Gasteiger charge is -2.15. The molecule has 1 heterocycles. The molecule has 5 nitrogen and oxygen atoms in total. The standard InChI is InChI=1S/C8H15N3O2/c1-9-4-7(12)8(13)6-3-10-11(2)5-6/h3,5,7-9,12-13H,4H2,1-2H3. The van der Waals surface area contributed by atoms with Crippen molar-refractivity contribution >= 4 is 0 Å². The maximum Gasteiger partial charge on any atom is 0.109 e. The molecular weight excluding hydrogens is 170 g/mol. The van der Waals surface area contributed by atoms with E-state index in [0.717, 1.165) is 0 Å². The fourth-order valence-electron chi connectivity index (χ4n) is 1.14. The van der Waals surface area contributed by atoms with Crippen LogP contribution < -0.4 is 5.32 Å². The number of nitrogens with one attached hydrogen (secondary N) is 1. The molecule has 1 aromatic rings. The van der Waals surface area contributed by atoms with Gasteiger partial charge >= 0.3 is 0 Å². The van der Waals surface area contributed by atoms with E-state index in [2.05, 4.69) is 10.4 Å². The summed E-state index contributed by atoms with van der Waals surface area (Å²) in [6.45, 7) is 0.357. The average molecular weight is 185 g/mol. The zero-order valence-electron chi connectivity index (χ0n) is 7.81. The van der Waals surface area contributed by atoms with Gasteiger partial charge in [0, 0.05) is 25.4 Å². The van der Waals surface area contributed by atoms with Gasteiger partial charge in [0.25, 0.3) is 0 Å². The van der Waals surface area contributed by atoms with Gasteiger partial charge in [0.05, 0.1) is 12.3 Å². The molecule has 5 heteroatoms. The third-order valence-corrected chi connectivity index (χ3v) is 1.84. The fourth-order valence-corrected chi connectivity index (χ4v) is 1.14. The minimum Gasteiger partial charge on any atom is -0.389 e. The van der Waals surface area contributed by atoms with Crippen LogP contribution in [0.1, 0.15) is 11.7 Å². The third-order valence-electron chi connectivity index (χ3n) is 1.84. The molecule has 0 amide bonds. The number of likely N-dealkylation sites (N-methyl/N-ethyl adjacent to an activating group) is 1. The Balaban J connectivity index is 2.61. The van der Waals surface area contributed by atoms with Gasteiger partial charge < -0.3 is 15.5 Å². The van der Waals surface area contributed by atoms with Crippen molar-refractivity contribution in [3.8, 4) is 0 Å². The molecule has 0 aromatic carbocycles. The van der Waals surface area contributed by atoms with Crippen LogP contribution in [-0.2, 0) is 7.05 Å². The molecule has 0 fully saturated rings. The van der Waals surface area contributed by atoms with Crippen molar-refractivity contribution in [2.24, 2.45) is 7.05 Å².